The van der Waals surface area contributed by atoms with Gasteiger partial charge in [0, 0.05) is 31.4 Å². The maximum Gasteiger partial charge on any atom is 0.341 e. The van der Waals surface area contributed by atoms with E-state index in [1.165, 1.54) is 16.4 Å². The predicted octanol–water partition coefficient (Wildman–Crippen LogP) is 0.937. The Kier molecular flexibility index (Phi) is 5.08. The van der Waals surface area contributed by atoms with Crippen LogP contribution in [-0.4, -0.2) is 46.7 Å². The number of nitrogens with two attached hydrogens (primary N) is 2. The molecule has 0 radical (unpaired) electrons. The minimum atomic E-state index is -1.49. The predicted molar refractivity (Wildman–Crippen MR) is 110 cm³/mol. The first kappa shape index (κ1) is 21.0. The molecule has 9 nitrogen and oxygen atoms in total. The van der Waals surface area contributed by atoms with E-state index in [9.17, 15) is 19.5 Å². The number of aromatic nitrogens is 1. The number of benzene rings is 1. The zero-order valence-electron chi connectivity index (χ0n) is 16.8. The highest BCUT2D eigenvalue weighted by Crippen LogP contribution is 2.42. The van der Waals surface area contributed by atoms with E-state index in [-0.39, 0.29) is 42.3 Å². The summed E-state index contributed by atoms with van der Waals surface area (Å²) in [6.45, 7) is 1.93. The molecule has 1 saturated heterocycles. The summed E-state index contributed by atoms with van der Waals surface area (Å²) in [5.74, 6) is -3.94. The number of hydrogen-bond donors (Lipinski definition) is 4. The van der Waals surface area contributed by atoms with Crippen molar-refractivity contribution in [2.24, 2.45) is 5.73 Å². The number of pyridine rings is 1. The number of carbonyl (C=O) groups is 2. The molecule has 166 valence electrons. The molecule has 1 aliphatic carbocycles. The van der Waals surface area contributed by atoms with Crippen LogP contribution in [0.4, 0.5) is 20.2 Å². The molecular formula is C20H23F2N5O4. The molecule has 11 heteroatoms. The largest absolute Gasteiger partial charge is 0.477 e. The lowest BCUT2D eigenvalue weighted by Crippen LogP contribution is -2.45. The lowest BCUT2D eigenvalue weighted by atomic mass is 10.1. The molecule has 2 atom stereocenters. The van der Waals surface area contributed by atoms with Gasteiger partial charge in [-0.15, -0.1) is 0 Å². The van der Waals surface area contributed by atoms with Crippen molar-refractivity contribution in [3.63, 3.8) is 0 Å². The number of carboxylic acid groups (broad SMARTS) is 1. The molecule has 4 rings (SSSR count). The maximum absolute atomic E-state index is 15.7. The van der Waals surface area contributed by atoms with Gasteiger partial charge in [-0.1, -0.05) is 0 Å². The number of nitrogens with one attached hydrogen (secondary N) is 1. The van der Waals surface area contributed by atoms with Crippen LogP contribution >= 0.6 is 0 Å². The molecule has 6 N–H and O–H groups in total. The Bertz CT molecular complexity index is 1160. The molecule has 1 aromatic carbocycles. The van der Waals surface area contributed by atoms with Gasteiger partial charge in [0.15, 0.2) is 11.6 Å². The molecular weight excluding hydrogens is 412 g/mol. The Labute approximate surface area is 175 Å². The fourth-order valence-corrected chi connectivity index (χ4v) is 4.04. The van der Waals surface area contributed by atoms with Crippen LogP contribution in [0.1, 0.15) is 42.6 Å². The second-order valence-corrected chi connectivity index (χ2v) is 8.16. The number of rotatable bonds is 5. The van der Waals surface area contributed by atoms with Crippen molar-refractivity contribution in [1.29, 1.82) is 0 Å². The fraction of sp³-hybridized carbons (Fsp3) is 0.450. The van der Waals surface area contributed by atoms with Crippen LogP contribution in [0, 0.1) is 11.6 Å². The smallest absolute Gasteiger partial charge is 0.341 e. The fourth-order valence-electron chi connectivity index (χ4n) is 4.04. The van der Waals surface area contributed by atoms with Crippen LogP contribution in [0.5, 0.6) is 0 Å². The Hall–Kier alpha value is -3.21. The van der Waals surface area contributed by atoms with E-state index in [4.69, 9.17) is 11.5 Å². The molecule has 0 spiro atoms. The molecule has 1 saturated carbocycles. The van der Waals surface area contributed by atoms with Crippen LogP contribution in [0.3, 0.4) is 0 Å². The SMILES string of the molecule is C[C@H](N)C(=O)N[C@@H]1CCN(c2c(F)c(N)c3c(=O)c(C(=O)O)cn(C4CC4)c3c2F)C1. The van der Waals surface area contributed by atoms with E-state index in [0.29, 0.717) is 19.3 Å². The first-order chi connectivity index (χ1) is 14.6. The lowest BCUT2D eigenvalue weighted by molar-refractivity contribution is -0.122. The van der Waals surface area contributed by atoms with Crippen molar-refractivity contribution in [2.45, 2.75) is 44.3 Å². The van der Waals surface area contributed by atoms with Crippen molar-refractivity contribution < 1.29 is 23.5 Å². The van der Waals surface area contributed by atoms with Crippen molar-refractivity contribution in [3.05, 3.63) is 33.6 Å². The van der Waals surface area contributed by atoms with Crippen molar-refractivity contribution in [3.8, 4) is 0 Å². The molecule has 2 aliphatic rings. The van der Waals surface area contributed by atoms with E-state index < -0.39 is 45.7 Å². The van der Waals surface area contributed by atoms with Crippen LogP contribution < -0.4 is 27.1 Å². The molecule has 1 aromatic heterocycles. The van der Waals surface area contributed by atoms with Crippen molar-refractivity contribution in [2.75, 3.05) is 23.7 Å². The van der Waals surface area contributed by atoms with Crippen LogP contribution in [-0.2, 0) is 4.79 Å². The molecule has 1 amide bonds. The molecule has 2 heterocycles. The number of nitrogen functional groups attached to an aromatic ring is 1. The van der Waals surface area contributed by atoms with E-state index in [0.717, 1.165) is 6.20 Å². The summed E-state index contributed by atoms with van der Waals surface area (Å²) in [7, 11) is 0. The summed E-state index contributed by atoms with van der Waals surface area (Å²) < 4.78 is 32.3. The Balaban J connectivity index is 1.84. The van der Waals surface area contributed by atoms with Crippen molar-refractivity contribution >= 4 is 34.2 Å². The topological polar surface area (TPSA) is 144 Å². The van der Waals surface area contributed by atoms with Gasteiger partial charge < -0.3 is 31.4 Å². The normalized spacial score (nSPS) is 19.6. The number of nitrogens with zero attached hydrogens (tertiary/aromatic N) is 2. The number of anilines is 2. The molecule has 2 fully saturated rings. The third kappa shape index (κ3) is 3.48. The molecule has 0 unspecified atom stereocenters. The second-order valence-electron chi connectivity index (χ2n) is 8.16. The van der Waals surface area contributed by atoms with Crippen LogP contribution in [0.25, 0.3) is 10.9 Å². The monoisotopic (exact) mass is 435 g/mol. The third-order valence-corrected chi connectivity index (χ3v) is 5.80. The number of aromatic carboxylic acids is 1. The van der Waals surface area contributed by atoms with E-state index in [1.54, 1.807) is 0 Å². The number of halogens is 2. The van der Waals surface area contributed by atoms with Gasteiger partial charge in [-0.3, -0.25) is 9.59 Å². The molecule has 0 bridgehead atoms. The Morgan fingerprint density at radius 1 is 1.26 bits per heavy atom. The van der Waals surface area contributed by atoms with E-state index in [1.807, 2.05) is 0 Å². The van der Waals surface area contributed by atoms with Gasteiger partial charge in [0.25, 0.3) is 0 Å². The first-order valence-corrected chi connectivity index (χ1v) is 10.0. The summed E-state index contributed by atoms with van der Waals surface area (Å²) in [4.78, 5) is 37.5. The number of carboxylic acids is 1. The highest BCUT2D eigenvalue weighted by atomic mass is 19.1. The lowest BCUT2D eigenvalue weighted by Gasteiger charge is -2.24. The Morgan fingerprint density at radius 3 is 2.52 bits per heavy atom. The zero-order valence-corrected chi connectivity index (χ0v) is 16.8. The summed E-state index contributed by atoms with van der Waals surface area (Å²) in [6.07, 6.45) is 2.91. The summed E-state index contributed by atoms with van der Waals surface area (Å²) in [5.41, 5.74) is 8.68. The molecule has 1 aliphatic heterocycles. The average Bonchev–Trinajstić information content (AvgIpc) is 3.45. The van der Waals surface area contributed by atoms with Gasteiger partial charge in [0.2, 0.25) is 11.3 Å². The molecule has 31 heavy (non-hydrogen) atoms. The standard InChI is InChI=1S/C20H23F2N5O4/c1-8(23)19(29)25-9-4-5-26(6-9)17-13(21)15(24)12-16(14(17)22)27(10-2-3-10)7-11(18(12)28)20(30)31/h7-10H,2-6,23-24H2,1H3,(H,25,29)(H,30,31)/t8-,9+/m0/s1. The van der Waals surface area contributed by atoms with Gasteiger partial charge in [-0.05, 0) is 26.2 Å². The average molecular weight is 435 g/mol. The molecule has 2 aromatic rings. The van der Waals surface area contributed by atoms with Gasteiger partial charge in [0.05, 0.1) is 22.6 Å². The second kappa shape index (κ2) is 7.49. The third-order valence-electron chi connectivity index (χ3n) is 5.80. The number of carbonyl (C=O) groups excluding carboxylic acids is 1. The summed E-state index contributed by atoms with van der Waals surface area (Å²) >= 11 is 0. The van der Waals surface area contributed by atoms with E-state index >= 15 is 8.78 Å². The highest BCUT2D eigenvalue weighted by Gasteiger charge is 2.35. The number of fused-ring (bicyclic) bond motifs is 1. The first-order valence-electron chi connectivity index (χ1n) is 10.0. The van der Waals surface area contributed by atoms with Gasteiger partial charge >= 0.3 is 5.97 Å². The number of amides is 1. The van der Waals surface area contributed by atoms with Gasteiger partial charge in [0.1, 0.15) is 11.3 Å². The Morgan fingerprint density at radius 2 is 1.94 bits per heavy atom. The van der Waals surface area contributed by atoms with Crippen LogP contribution in [0.2, 0.25) is 0 Å². The van der Waals surface area contributed by atoms with Crippen LogP contribution in [0.15, 0.2) is 11.0 Å². The number of hydrogen-bond acceptors (Lipinski definition) is 6. The van der Waals surface area contributed by atoms with Gasteiger partial charge in [-0.25, -0.2) is 13.6 Å². The minimum absolute atomic E-state index is 0.137. The van der Waals surface area contributed by atoms with E-state index in [2.05, 4.69) is 5.32 Å². The van der Waals surface area contributed by atoms with Gasteiger partial charge in [-0.2, -0.15) is 0 Å². The highest BCUT2D eigenvalue weighted by molar-refractivity contribution is 5.99. The summed E-state index contributed by atoms with van der Waals surface area (Å²) in [6, 6.07) is -1.26. The summed E-state index contributed by atoms with van der Waals surface area (Å²) in [5, 5.41) is 11.6. The maximum atomic E-state index is 15.7. The minimum Gasteiger partial charge on any atom is -0.477 e. The van der Waals surface area contributed by atoms with Crippen molar-refractivity contribution in [1.82, 2.24) is 9.88 Å². The zero-order chi connectivity index (χ0) is 22.6. The quantitative estimate of drug-likeness (QED) is 0.512.